The van der Waals surface area contributed by atoms with Crippen LogP contribution >= 0.6 is 0 Å². The van der Waals surface area contributed by atoms with E-state index in [0.717, 1.165) is 22.6 Å². The van der Waals surface area contributed by atoms with E-state index in [2.05, 4.69) is 27.3 Å². The number of hydrogen-bond acceptors (Lipinski definition) is 2. The molecule has 0 bridgehead atoms. The van der Waals surface area contributed by atoms with Gasteiger partial charge in [0.1, 0.15) is 0 Å². The molecular formula is C23H23N3O2. The highest BCUT2D eigenvalue weighted by molar-refractivity contribution is 6.07. The molecule has 3 aromatic rings. The monoisotopic (exact) mass is 373 g/mol. The van der Waals surface area contributed by atoms with Crippen LogP contribution < -0.4 is 10.6 Å². The van der Waals surface area contributed by atoms with Crippen LogP contribution in [0.1, 0.15) is 27.3 Å². The van der Waals surface area contributed by atoms with E-state index < -0.39 is 0 Å². The molecule has 0 aliphatic heterocycles. The second-order valence-corrected chi connectivity index (χ2v) is 6.44. The standard InChI is InChI=1S/C23H23N3O2/c1-16-15-18(17(2)26(16)19-9-5-4-6-10-19)13-14-22(27)25-21-12-8-7-11-20(21)23(28)24-3/h4-15H,1-3H3,(H,24,28)(H,25,27)/b14-13+. The first-order chi connectivity index (χ1) is 13.5. The number of rotatable bonds is 5. The molecule has 0 unspecified atom stereocenters. The minimum Gasteiger partial charge on any atom is -0.355 e. The number of nitrogens with one attached hydrogen (secondary N) is 2. The van der Waals surface area contributed by atoms with E-state index >= 15 is 0 Å². The molecule has 1 aromatic heterocycles. The Labute approximate surface area is 164 Å². The quantitative estimate of drug-likeness (QED) is 0.661. The van der Waals surface area contributed by atoms with Gasteiger partial charge in [0.15, 0.2) is 0 Å². The van der Waals surface area contributed by atoms with Gasteiger partial charge in [0, 0.05) is 30.2 Å². The van der Waals surface area contributed by atoms with Crippen LogP contribution in [0.3, 0.4) is 0 Å². The van der Waals surface area contributed by atoms with Crippen LogP contribution in [0.2, 0.25) is 0 Å². The number of aryl methyl sites for hydroxylation is 1. The predicted molar refractivity (Wildman–Crippen MR) is 113 cm³/mol. The Balaban J connectivity index is 1.80. The fourth-order valence-electron chi connectivity index (χ4n) is 3.20. The zero-order valence-corrected chi connectivity index (χ0v) is 16.2. The van der Waals surface area contributed by atoms with Gasteiger partial charge in [0.2, 0.25) is 5.91 Å². The van der Waals surface area contributed by atoms with Crippen molar-refractivity contribution in [1.82, 2.24) is 9.88 Å². The number of aromatic nitrogens is 1. The van der Waals surface area contributed by atoms with Gasteiger partial charge >= 0.3 is 0 Å². The Kier molecular flexibility index (Phi) is 5.75. The SMILES string of the molecule is CNC(=O)c1ccccc1NC(=O)/C=C/c1cc(C)n(-c2ccccc2)c1C. The van der Waals surface area contributed by atoms with Gasteiger partial charge in [-0.25, -0.2) is 0 Å². The number of amides is 2. The summed E-state index contributed by atoms with van der Waals surface area (Å²) in [6.07, 6.45) is 3.28. The Bertz CT molecular complexity index is 1030. The van der Waals surface area contributed by atoms with Crippen molar-refractivity contribution in [2.24, 2.45) is 0 Å². The fourth-order valence-corrected chi connectivity index (χ4v) is 3.20. The molecule has 0 aliphatic rings. The zero-order valence-electron chi connectivity index (χ0n) is 16.2. The van der Waals surface area contributed by atoms with E-state index in [1.54, 1.807) is 37.4 Å². The van der Waals surface area contributed by atoms with E-state index in [-0.39, 0.29) is 11.8 Å². The minimum atomic E-state index is -0.291. The third-order valence-electron chi connectivity index (χ3n) is 4.56. The minimum absolute atomic E-state index is 0.244. The topological polar surface area (TPSA) is 63.1 Å². The maximum atomic E-state index is 12.4. The lowest BCUT2D eigenvalue weighted by atomic mass is 10.1. The molecule has 0 fully saturated rings. The molecule has 142 valence electrons. The van der Waals surface area contributed by atoms with Gasteiger partial charge in [-0.1, -0.05) is 30.3 Å². The zero-order chi connectivity index (χ0) is 20.1. The number of anilines is 1. The van der Waals surface area contributed by atoms with Gasteiger partial charge in [-0.2, -0.15) is 0 Å². The maximum Gasteiger partial charge on any atom is 0.253 e. The molecule has 0 radical (unpaired) electrons. The summed E-state index contributed by atoms with van der Waals surface area (Å²) in [5.74, 6) is -0.535. The highest BCUT2D eigenvalue weighted by atomic mass is 16.2. The molecule has 0 spiro atoms. The molecule has 0 atom stereocenters. The van der Waals surface area contributed by atoms with Crippen molar-refractivity contribution in [3.05, 3.63) is 89.3 Å². The van der Waals surface area contributed by atoms with Crippen LogP contribution in [0.5, 0.6) is 0 Å². The molecule has 2 N–H and O–H groups in total. The highest BCUT2D eigenvalue weighted by Gasteiger charge is 2.11. The summed E-state index contributed by atoms with van der Waals surface area (Å²) in [4.78, 5) is 24.3. The van der Waals surface area contributed by atoms with E-state index in [4.69, 9.17) is 0 Å². The van der Waals surface area contributed by atoms with Crippen molar-refractivity contribution in [3.8, 4) is 5.69 Å². The Morgan fingerprint density at radius 3 is 2.36 bits per heavy atom. The summed E-state index contributed by atoms with van der Waals surface area (Å²) < 4.78 is 2.15. The van der Waals surface area contributed by atoms with Crippen molar-refractivity contribution >= 4 is 23.6 Å². The van der Waals surface area contributed by atoms with Crippen molar-refractivity contribution in [2.75, 3.05) is 12.4 Å². The highest BCUT2D eigenvalue weighted by Crippen LogP contribution is 2.22. The Morgan fingerprint density at radius 2 is 1.64 bits per heavy atom. The summed E-state index contributed by atoms with van der Waals surface area (Å²) in [5.41, 5.74) is 5.10. The molecule has 0 aliphatic carbocycles. The van der Waals surface area contributed by atoms with Crippen molar-refractivity contribution in [2.45, 2.75) is 13.8 Å². The average molecular weight is 373 g/mol. The van der Waals surface area contributed by atoms with Gasteiger partial charge in [-0.3, -0.25) is 9.59 Å². The smallest absolute Gasteiger partial charge is 0.253 e. The van der Waals surface area contributed by atoms with E-state index in [1.165, 1.54) is 6.08 Å². The van der Waals surface area contributed by atoms with Crippen LogP contribution in [0, 0.1) is 13.8 Å². The lowest BCUT2D eigenvalue weighted by Crippen LogP contribution is -2.20. The fraction of sp³-hybridized carbons (Fsp3) is 0.130. The molecule has 2 aromatic carbocycles. The third kappa shape index (κ3) is 4.04. The lowest BCUT2D eigenvalue weighted by molar-refractivity contribution is -0.111. The number of nitrogens with zero attached hydrogens (tertiary/aromatic N) is 1. The average Bonchev–Trinajstić information content (AvgIpc) is 3.00. The molecule has 0 saturated heterocycles. The van der Waals surface area contributed by atoms with Crippen molar-refractivity contribution < 1.29 is 9.59 Å². The molecule has 28 heavy (non-hydrogen) atoms. The molecule has 5 nitrogen and oxygen atoms in total. The number of carbonyl (C=O) groups is 2. The number of para-hydroxylation sites is 2. The Morgan fingerprint density at radius 1 is 0.964 bits per heavy atom. The molecule has 0 saturated carbocycles. The van der Waals surface area contributed by atoms with Crippen molar-refractivity contribution in [3.63, 3.8) is 0 Å². The second kappa shape index (κ2) is 8.39. The molecule has 2 amide bonds. The normalized spacial score (nSPS) is 10.8. The molecule has 3 rings (SSSR count). The molecule has 1 heterocycles. The van der Waals surface area contributed by atoms with Crippen LogP contribution in [-0.2, 0) is 4.79 Å². The predicted octanol–water partition coefficient (Wildman–Crippen LogP) is 4.11. The number of benzene rings is 2. The number of hydrogen-bond donors (Lipinski definition) is 2. The second-order valence-electron chi connectivity index (χ2n) is 6.44. The van der Waals surface area contributed by atoms with Crippen LogP contribution in [-0.4, -0.2) is 23.4 Å². The number of carbonyl (C=O) groups excluding carboxylic acids is 2. The van der Waals surface area contributed by atoms with E-state index in [9.17, 15) is 9.59 Å². The summed E-state index contributed by atoms with van der Waals surface area (Å²) >= 11 is 0. The van der Waals surface area contributed by atoms with Gasteiger partial charge in [-0.15, -0.1) is 0 Å². The van der Waals surface area contributed by atoms with Crippen molar-refractivity contribution in [1.29, 1.82) is 0 Å². The van der Waals surface area contributed by atoms with Gasteiger partial charge < -0.3 is 15.2 Å². The summed E-state index contributed by atoms with van der Waals surface area (Å²) in [6.45, 7) is 4.06. The first-order valence-electron chi connectivity index (χ1n) is 9.06. The first-order valence-corrected chi connectivity index (χ1v) is 9.06. The molecule has 5 heteroatoms. The summed E-state index contributed by atoms with van der Waals surface area (Å²) in [6, 6.07) is 19.1. The van der Waals surface area contributed by atoms with Gasteiger partial charge in [0.25, 0.3) is 5.91 Å². The Hall–Kier alpha value is -3.60. The van der Waals surface area contributed by atoms with E-state index in [0.29, 0.717) is 11.3 Å². The molecular weight excluding hydrogens is 350 g/mol. The van der Waals surface area contributed by atoms with Crippen LogP contribution in [0.15, 0.2) is 66.7 Å². The third-order valence-corrected chi connectivity index (χ3v) is 4.56. The first kappa shape index (κ1) is 19.2. The van der Waals surface area contributed by atoms with Crippen LogP contribution in [0.4, 0.5) is 5.69 Å². The maximum absolute atomic E-state index is 12.4. The van der Waals surface area contributed by atoms with Gasteiger partial charge in [0.05, 0.1) is 11.3 Å². The van der Waals surface area contributed by atoms with Crippen LogP contribution in [0.25, 0.3) is 11.8 Å². The largest absolute Gasteiger partial charge is 0.355 e. The summed E-state index contributed by atoms with van der Waals surface area (Å²) in [5, 5.41) is 5.35. The lowest BCUT2D eigenvalue weighted by Gasteiger charge is -2.09. The summed E-state index contributed by atoms with van der Waals surface area (Å²) in [7, 11) is 1.56. The van der Waals surface area contributed by atoms with E-state index in [1.807, 2.05) is 38.1 Å². The van der Waals surface area contributed by atoms with Gasteiger partial charge in [-0.05, 0) is 55.8 Å².